The van der Waals surface area contributed by atoms with Crippen molar-refractivity contribution in [3.63, 3.8) is 0 Å². The number of hydrogen-bond acceptors (Lipinski definition) is 3. The van der Waals surface area contributed by atoms with Crippen molar-refractivity contribution >= 4 is 11.9 Å². The number of anilines is 1. The maximum atomic E-state index is 11.9. The monoisotopic (exact) mass is 231 g/mol. The fraction of sp³-hybridized carbons (Fsp3) is 0.167. The number of aryl methyl sites for hydroxylation is 1. The summed E-state index contributed by atoms with van der Waals surface area (Å²) in [6, 6.07) is 5.30. The number of nitrogens with one attached hydrogen (secondary N) is 2. The van der Waals surface area contributed by atoms with Crippen molar-refractivity contribution in [1.82, 2.24) is 9.97 Å². The average Bonchev–Trinajstić information content (AvgIpc) is 2.81. The van der Waals surface area contributed by atoms with Gasteiger partial charge >= 0.3 is 0 Å². The van der Waals surface area contributed by atoms with Gasteiger partial charge in [-0.05, 0) is 30.7 Å². The first-order valence-electron chi connectivity index (χ1n) is 5.16. The van der Waals surface area contributed by atoms with Crippen molar-refractivity contribution in [1.29, 1.82) is 0 Å². The molecule has 0 aliphatic carbocycles. The van der Waals surface area contributed by atoms with Crippen LogP contribution in [0.15, 0.2) is 30.6 Å². The summed E-state index contributed by atoms with van der Waals surface area (Å²) in [5.74, 6) is 0.974. The Hall–Kier alpha value is -2.30. The molecule has 88 valence electrons. The number of amides is 1. The number of aromatic amines is 1. The van der Waals surface area contributed by atoms with Gasteiger partial charge in [0.25, 0.3) is 5.91 Å². The Bertz CT molecular complexity index is 521. The van der Waals surface area contributed by atoms with Gasteiger partial charge in [-0.25, -0.2) is 4.98 Å². The summed E-state index contributed by atoms with van der Waals surface area (Å²) in [5.41, 5.74) is 1.45. The van der Waals surface area contributed by atoms with E-state index in [2.05, 4.69) is 15.3 Å². The van der Waals surface area contributed by atoms with Crippen LogP contribution in [0, 0.1) is 6.92 Å². The van der Waals surface area contributed by atoms with E-state index in [0.717, 1.165) is 11.3 Å². The number of methoxy groups -OCH3 is 1. The smallest absolute Gasteiger partial charge is 0.258 e. The first-order chi connectivity index (χ1) is 8.20. The van der Waals surface area contributed by atoms with Crippen LogP contribution < -0.4 is 10.1 Å². The number of carbonyl (C=O) groups is 1. The van der Waals surface area contributed by atoms with Gasteiger partial charge in [0.05, 0.1) is 7.11 Å². The Kier molecular flexibility index (Phi) is 3.09. The van der Waals surface area contributed by atoms with Crippen molar-refractivity contribution in [2.24, 2.45) is 0 Å². The van der Waals surface area contributed by atoms with E-state index >= 15 is 0 Å². The largest absolute Gasteiger partial charge is 0.497 e. The molecule has 1 aromatic carbocycles. The molecule has 5 heteroatoms. The first kappa shape index (κ1) is 11.2. The summed E-state index contributed by atoms with van der Waals surface area (Å²) in [7, 11) is 1.59. The number of carbonyl (C=O) groups excluding carboxylic acids is 1. The van der Waals surface area contributed by atoms with Crippen LogP contribution in [0.2, 0.25) is 0 Å². The van der Waals surface area contributed by atoms with Gasteiger partial charge in [0.1, 0.15) is 5.75 Å². The SMILES string of the molecule is COc1ccc(C(=O)Nc2ncc[nH]2)c(C)c1. The Morgan fingerprint density at radius 1 is 1.47 bits per heavy atom. The lowest BCUT2D eigenvalue weighted by molar-refractivity contribution is 0.102. The summed E-state index contributed by atoms with van der Waals surface area (Å²) in [4.78, 5) is 18.7. The number of ether oxygens (including phenoxy) is 1. The number of benzene rings is 1. The zero-order chi connectivity index (χ0) is 12.3. The van der Waals surface area contributed by atoms with Crippen LogP contribution in [0.3, 0.4) is 0 Å². The topological polar surface area (TPSA) is 67.0 Å². The Morgan fingerprint density at radius 2 is 2.29 bits per heavy atom. The molecule has 0 spiro atoms. The second-order valence-corrected chi connectivity index (χ2v) is 3.57. The molecular weight excluding hydrogens is 218 g/mol. The molecule has 1 heterocycles. The fourth-order valence-corrected chi connectivity index (χ4v) is 1.53. The molecule has 0 fully saturated rings. The van der Waals surface area contributed by atoms with Crippen molar-refractivity contribution in [2.45, 2.75) is 6.92 Å². The maximum absolute atomic E-state index is 11.9. The second-order valence-electron chi connectivity index (χ2n) is 3.57. The molecule has 0 radical (unpaired) electrons. The molecule has 1 amide bonds. The van der Waals surface area contributed by atoms with E-state index in [-0.39, 0.29) is 5.91 Å². The van der Waals surface area contributed by atoms with Crippen LogP contribution >= 0.6 is 0 Å². The number of imidazole rings is 1. The molecule has 0 saturated carbocycles. The second kappa shape index (κ2) is 4.69. The molecule has 2 aromatic rings. The molecule has 0 aliphatic rings. The van der Waals surface area contributed by atoms with Gasteiger partial charge in [0.2, 0.25) is 5.95 Å². The quantitative estimate of drug-likeness (QED) is 0.848. The van der Waals surface area contributed by atoms with Crippen molar-refractivity contribution in [3.8, 4) is 5.75 Å². The van der Waals surface area contributed by atoms with E-state index in [1.54, 1.807) is 31.6 Å². The summed E-state index contributed by atoms with van der Waals surface area (Å²) in [6.07, 6.45) is 3.23. The summed E-state index contributed by atoms with van der Waals surface area (Å²) in [5, 5.41) is 2.67. The third-order valence-corrected chi connectivity index (χ3v) is 2.41. The molecule has 0 atom stereocenters. The van der Waals surface area contributed by atoms with E-state index in [0.29, 0.717) is 11.5 Å². The fourth-order valence-electron chi connectivity index (χ4n) is 1.53. The van der Waals surface area contributed by atoms with Gasteiger partial charge in [-0.15, -0.1) is 0 Å². The average molecular weight is 231 g/mol. The van der Waals surface area contributed by atoms with E-state index in [4.69, 9.17) is 4.74 Å². The lowest BCUT2D eigenvalue weighted by atomic mass is 10.1. The van der Waals surface area contributed by atoms with Crippen LogP contribution in [0.25, 0.3) is 0 Å². The van der Waals surface area contributed by atoms with Gasteiger partial charge in [-0.3, -0.25) is 10.1 Å². The van der Waals surface area contributed by atoms with Crippen LogP contribution in [0.1, 0.15) is 15.9 Å². The summed E-state index contributed by atoms with van der Waals surface area (Å²) in [6.45, 7) is 1.86. The number of hydrogen-bond donors (Lipinski definition) is 2. The highest BCUT2D eigenvalue weighted by Gasteiger charge is 2.10. The van der Waals surface area contributed by atoms with Gasteiger partial charge in [0.15, 0.2) is 0 Å². The Labute approximate surface area is 98.8 Å². The Balaban J connectivity index is 2.19. The highest BCUT2D eigenvalue weighted by Crippen LogP contribution is 2.17. The number of nitrogens with zero attached hydrogens (tertiary/aromatic N) is 1. The molecule has 2 N–H and O–H groups in total. The summed E-state index contributed by atoms with van der Waals surface area (Å²) >= 11 is 0. The van der Waals surface area contributed by atoms with E-state index < -0.39 is 0 Å². The minimum atomic E-state index is -0.194. The van der Waals surface area contributed by atoms with Crippen molar-refractivity contribution in [3.05, 3.63) is 41.7 Å². The van der Waals surface area contributed by atoms with Crippen molar-refractivity contribution in [2.75, 3.05) is 12.4 Å². The van der Waals surface area contributed by atoms with Crippen molar-refractivity contribution < 1.29 is 9.53 Å². The highest BCUT2D eigenvalue weighted by molar-refractivity contribution is 6.04. The minimum Gasteiger partial charge on any atom is -0.497 e. The summed E-state index contributed by atoms with van der Waals surface area (Å²) < 4.78 is 5.09. The molecule has 17 heavy (non-hydrogen) atoms. The highest BCUT2D eigenvalue weighted by atomic mass is 16.5. The van der Waals surface area contributed by atoms with Gasteiger partial charge in [-0.2, -0.15) is 0 Å². The van der Waals surface area contributed by atoms with E-state index in [1.807, 2.05) is 13.0 Å². The van der Waals surface area contributed by atoms with Gasteiger partial charge in [-0.1, -0.05) is 0 Å². The van der Waals surface area contributed by atoms with Crippen LogP contribution in [0.4, 0.5) is 5.95 Å². The molecule has 0 aliphatic heterocycles. The zero-order valence-corrected chi connectivity index (χ0v) is 9.65. The maximum Gasteiger partial charge on any atom is 0.258 e. The molecule has 2 rings (SSSR count). The molecule has 0 unspecified atom stereocenters. The standard InChI is InChI=1S/C12H13N3O2/c1-8-7-9(17-2)3-4-10(8)11(16)15-12-13-5-6-14-12/h3-7H,1-2H3,(H2,13,14,15,16). The van der Waals surface area contributed by atoms with Crippen LogP contribution in [-0.4, -0.2) is 23.0 Å². The third kappa shape index (κ3) is 2.44. The molecule has 1 aromatic heterocycles. The van der Waals surface area contributed by atoms with Gasteiger partial charge in [0, 0.05) is 18.0 Å². The molecule has 5 nitrogen and oxygen atoms in total. The predicted octanol–water partition coefficient (Wildman–Crippen LogP) is 1.98. The van der Waals surface area contributed by atoms with E-state index in [9.17, 15) is 4.79 Å². The first-order valence-corrected chi connectivity index (χ1v) is 5.16. The molecule has 0 bridgehead atoms. The normalized spacial score (nSPS) is 10.0. The zero-order valence-electron chi connectivity index (χ0n) is 9.65. The predicted molar refractivity (Wildman–Crippen MR) is 64.3 cm³/mol. The third-order valence-electron chi connectivity index (χ3n) is 2.41. The lowest BCUT2D eigenvalue weighted by Crippen LogP contribution is -2.14. The minimum absolute atomic E-state index is 0.194. The number of aromatic nitrogens is 2. The van der Waals surface area contributed by atoms with Crippen LogP contribution in [0.5, 0.6) is 5.75 Å². The lowest BCUT2D eigenvalue weighted by Gasteiger charge is -2.07. The molecular formula is C12H13N3O2. The number of H-pyrrole nitrogens is 1. The van der Waals surface area contributed by atoms with E-state index in [1.165, 1.54) is 0 Å². The van der Waals surface area contributed by atoms with Gasteiger partial charge < -0.3 is 9.72 Å². The molecule has 0 saturated heterocycles. The Morgan fingerprint density at radius 3 is 2.88 bits per heavy atom. The number of rotatable bonds is 3. The van der Waals surface area contributed by atoms with Crippen LogP contribution in [-0.2, 0) is 0 Å².